The summed E-state index contributed by atoms with van der Waals surface area (Å²) in [5.74, 6) is 1.99. The Bertz CT molecular complexity index is 389. The summed E-state index contributed by atoms with van der Waals surface area (Å²) in [5.41, 5.74) is 1.24. The Morgan fingerprint density at radius 3 is 2.45 bits per heavy atom. The number of thioether (sulfide) groups is 2. The molecule has 0 N–H and O–H groups in total. The van der Waals surface area contributed by atoms with E-state index in [2.05, 4.69) is 47.8 Å². The van der Waals surface area contributed by atoms with Gasteiger partial charge < -0.3 is 9.47 Å². The van der Waals surface area contributed by atoms with Gasteiger partial charge in [-0.15, -0.1) is 23.5 Å². The van der Waals surface area contributed by atoms with Gasteiger partial charge >= 0.3 is 0 Å². The van der Waals surface area contributed by atoms with Crippen LogP contribution in [0.2, 0.25) is 0 Å². The second-order valence-corrected chi connectivity index (χ2v) is 8.30. The first-order valence-electron chi connectivity index (χ1n) is 7.12. The standard InChI is InChI=1S/C16H24O2S2/c1-16(2,17-3)18-14(13-8-5-4-6-9-13)12-15-19-10-7-11-20-15/h4-6,8-9,14-15H,7,10-12H2,1-3H3. The second-order valence-electron chi connectivity index (χ2n) is 5.38. The first-order chi connectivity index (χ1) is 9.61. The number of ether oxygens (including phenoxy) is 2. The van der Waals surface area contributed by atoms with Crippen LogP contribution in [-0.2, 0) is 9.47 Å². The summed E-state index contributed by atoms with van der Waals surface area (Å²) in [6.07, 6.45) is 2.45. The first-order valence-corrected chi connectivity index (χ1v) is 9.21. The van der Waals surface area contributed by atoms with Crippen LogP contribution < -0.4 is 0 Å². The molecule has 1 aromatic rings. The minimum absolute atomic E-state index is 0.0919. The molecule has 0 radical (unpaired) electrons. The van der Waals surface area contributed by atoms with Crippen molar-refractivity contribution in [3.63, 3.8) is 0 Å². The Morgan fingerprint density at radius 1 is 1.20 bits per heavy atom. The lowest BCUT2D eigenvalue weighted by Crippen LogP contribution is -2.30. The smallest absolute Gasteiger partial charge is 0.163 e. The Labute approximate surface area is 131 Å². The van der Waals surface area contributed by atoms with Crippen molar-refractivity contribution in [1.82, 2.24) is 0 Å². The van der Waals surface area contributed by atoms with Crippen molar-refractivity contribution >= 4 is 23.5 Å². The third kappa shape index (κ3) is 4.99. The summed E-state index contributed by atoms with van der Waals surface area (Å²) in [6, 6.07) is 10.5. The highest BCUT2D eigenvalue weighted by Crippen LogP contribution is 2.39. The van der Waals surface area contributed by atoms with Gasteiger partial charge in [-0.2, -0.15) is 0 Å². The van der Waals surface area contributed by atoms with Crippen LogP contribution in [0.15, 0.2) is 30.3 Å². The van der Waals surface area contributed by atoms with Crippen molar-refractivity contribution in [1.29, 1.82) is 0 Å². The van der Waals surface area contributed by atoms with Gasteiger partial charge in [0.2, 0.25) is 0 Å². The van der Waals surface area contributed by atoms with Crippen molar-refractivity contribution in [2.24, 2.45) is 0 Å². The van der Waals surface area contributed by atoms with Crippen LogP contribution in [0, 0.1) is 0 Å². The van der Waals surface area contributed by atoms with Crippen LogP contribution in [0.4, 0.5) is 0 Å². The number of hydrogen-bond acceptors (Lipinski definition) is 4. The molecule has 2 nitrogen and oxygen atoms in total. The molecular formula is C16H24O2S2. The molecule has 4 heteroatoms. The average Bonchev–Trinajstić information content (AvgIpc) is 2.48. The third-order valence-corrected chi connectivity index (χ3v) is 6.39. The quantitative estimate of drug-likeness (QED) is 0.708. The van der Waals surface area contributed by atoms with Crippen LogP contribution in [0.5, 0.6) is 0 Å². The molecule has 1 atom stereocenters. The molecule has 0 spiro atoms. The van der Waals surface area contributed by atoms with E-state index in [1.54, 1.807) is 7.11 Å². The second kappa shape index (κ2) is 7.74. The zero-order valence-corrected chi connectivity index (χ0v) is 14.1. The number of benzene rings is 1. The maximum Gasteiger partial charge on any atom is 0.163 e. The highest BCUT2D eigenvalue weighted by atomic mass is 32.2. The Morgan fingerprint density at radius 2 is 1.85 bits per heavy atom. The molecule has 1 fully saturated rings. The van der Waals surface area contributed by atoms with E-state index in [4.69, 9.17) is 9.47 Å². The minimum atomic E-state index is -0.551. The molecular weight excluding hydrogens is 288 g/mol. The van der Waals surface area contributed by atoms with Crippen LogP contribution in [0.25, 0.3) is 0 Å². The van der Waals surface area contributed by atoms with Gasteiger partial charge in [0.05, 0.1) is 10.7 Å². The van der Waals surface area contributed by atoms with Crippen molar-refractivity contribution < 1.29 is 9.47 Å². The normalized spacial score (nSPS) is 18.9. The molecule has 20 heavy (non-hydrogen) atoms. The first kappa shape index (κ1) is 16.2. The van der Waals surface area contributed by atoms with Crippen LogP contribution in [0.1, 0.15) is 38.4 Å². The minimum Gasteiger partial charge on any atom is -0.354 e. The number of rotatable bonds is 6. The fourth-order valence-corrected chi connectivity index (χ4v) is 5.07. The van der Waals surface area contributed by atoms with Gasteiger partial charge in [0.15, 0.2) is 5.79 Å². The van der Waals surface area contributed by atoms with E-state index in [1.807, 2.05) is 19.9 Å². The zero-order chi connectivity index (χ0) is 14.4. The van der Waals surface area contributed by atoms with E-state index in [0.29, 0.717) is 4.58 Å². The highest BCUT2D eigenvalue weighted by Gasteiger charge is 2.27. The van der Waals surface area contributed by atoms with Gasteiger partial charge in [-0.05, 0) is 43.8 Å². The van der Waals surface area contributed by atoms with Crippen LogP contribution in [0.3, 0.4) is 0 Å². The molecule has 1 aromatic carbocycles. The summed E-state index contributed by atoms with van der Waals surface area (Å²) in [5, 5.41) is 0. The molecule has 112 valence electrons. The highest BCUT2D eigenvalue weighted by molar-refractivity contribution is 8.17. The molecule has 1 saturated heterocycles. The fraction of sp³-hybridized carbons (Fsp3) is 0.625. The molecule has 2 rings (SSSR count). The van der Waals surface area contributed by atoms with E-state index in [1.165, 1.54) is 23.5 Å². The zero-order valence-electron chi connectivity index (χ0n) is 12.5. The van der Waals surface area contributed by atoms with Crippen LogP contribution in [-0.4, -0.2) is 29.0 Å². The van der Waals surface area contributed by atoms with E-state index in [9.17, 15) is 0 Å². The summed E-state index contributed by atoms with van der Waals surface area (Å²) < 4.78 is 12.3. The summed E-state index contributed by atoms with van der Waals surface area (Å²) >= 11 is 4.12. The van der Waals surface area contributed by atoms with Crippen LogP contribution >= 0.6 is 23.5 Å². The van der Waals surface area contributed by atoms with Crippen molar-refractivity contribution in [3.8, 4) is 0 Å². The Balaban J connectivity index is 2.07. The van der Waals surface area contributed by atoms with Gasteiger partial charge in [0.1, 0.15) is 0 Å². The number of hydrogen-bond donors (Lipinski definition) is 0. The average molecular weight is 312 g/mol. The van der Waals surface area contributed by atoms with Gasteiger partial charge in [-0.3, -0.25) is 0 Å². The topological polar surface area (TPSA) is 18.5 Å². The maximum absolute atomic E-state index is 6.23. The molecule has 0 aromatic heterocycles. The van der Waals surface area contributed by atoms with Gasteiger partial charge in [-0.25, -0.2) is 0 Å². The van der Waals surface area contributed by atoms with E-state index in [-0.39, 0.29) is 6.10 Å². The fourth-order valence-electron chi connectivity index (χ4n) is 2.16. The van der Waals surface area contributed by atoms with Gasteiger partial charge in [0, 0.05) is 7.11 Å². The molecule has 0 saturated carbocycles. The predicted molar refractivity (Wildman–Crippen MR) is 89.3 cm³/mol. The Kier molecular flexibility index (Phi) is 6.27. The van der Waals surface area contributed by atoms with Crippen molar-refractivity contribution in [2.75, 3.05) is 18.6 Å². The van der Waals surface area contributed by atoms with E-state index < -0.39 is 5.79 Å². The summed E-state index contributed by atoms with van der Waals surface area (Å²) in [4.78, 5) is 0. The lowest BCUT2D eigenvalue weighted by Gasteiger charge is -2.32. The third-order valence-electron chi connectivity index (χ3n) is 3.39. The van der Waals surface area contributed by atoms with Crippen molar-refractivity contribution in [3.05, 3.63) is 35.9 Å². The molecule has 1 unspecified atom stereocenters. The molecule has 0 bridgehead atoms. The van der Waals surface area contributed by atoms with Gasteiger partial charge in [-0.1, -0.05) is 30.3 Å². The number of methoxy groups -OCH3 is 1. The lowest BCUT2D eigenvalue weighted by molar-refractivity contribution is -0.226. The molecule has 1 aliphatic heterocycles. The molecule has 0 amide bonds. The Hall–Kier alpha value is -0.160. The maximum atomic E-state index is 6.23. The lowest BCUT2D eigenvalue weighted by atomic mass is 10.1. The van der Waals surface area contributed by atoms with Gasteiger partial charge in [0.25, 0.3) is 0 Å². The molecule has 0 aliphatic carbocycles. The summed E-state index contributed by atoms with van der Waals surface area (Å²) in [7, 11) is 1.70. The molecule has 1 heterocycles. The largest absolute Gasteiger partial charge is 0.354 e. The van der Waals surface area contributed by atoms with Crippen molar-refractivity contribution in [2.45, 2.75) is 43.2 Å². The van der Waals surface area contributed by atoms with E-state index in [0.717, 1.165) is 6.42 Å². The van der Waals surface area contributed by atoms with E-state index >= 15 is 0 Å². The molecule has 1 aliphatic rings. The summed E-state index contributed by atoms with van der Waals surface area (Å²) in [6.45, 7) is 3.95. The predicted octanol–water partition coefficient (Wildman–Crippen LogP) is 4.71. The SMILES string of the molecule is COC(C)(C)OC(CC1SCCCS1)c1ccccc1. The monoisotopic (exact) mass is 312 g/mol.